The minimum absolute atomic E-state index is 0.134. The summed E-state index contributed by atoms with van der Waals surface area (Å²) in [5.74, 6) is 1.85. The molecule has 0 aliphatic carbocycles. The van der Waals surface area contributed by atoms with Crippen LogP contribution in [0.4, 0.5) is 0 Å². The molecule has 1 fully saturated rings. The second-order valence-electron chi connectivity index (χ2n) is 6.22. The minimum atomic E-state index is 0.134. The van der Waals surface area contributed by atoms with Gasteiger partial charge in [-0.3, -0.25) is 0 Å². The van der Waals surface area contributed by atoms with Gasteiger partial charge in [0.2, 0.25) is 0 Å². The standard InChI is InChI=1S/C16H33P.C2H6/c1-8-15(9-2)13(5)12-14(6)16(10-3,11-4)17(15)7;1-2/h13-14H,8-12H2,1-7H3;1-2H3. The Hall–Kier alpha value is 0.430. The average molecular weight is 286 g/mol. The monoisotopic (exact) mass is 286 g/mol. The molecule has 0 nitrogen and oxygen atoms in total. The lowest BCUT2D eigenvalue weighted by Crippen LogP contribution is -2.50. The van der Waals surface area contributed by atoms with Gasteiger partial charge in [0.15, 0.2) is 0 Å². The van der Waals surface area contributed by atoms with Crippen LogP contribution in [0.5, 0.6) is 0 Å². The summed E-state index contributed by atoms with van der Waals surface area (Å²) in [6.45, 7) is 21.4. The normalized spacial score (nSPS) is 32.4. The fraction of sp³-hybridized carbons (Fsp3) is 1.00. The highest BCUT2D eigenvalue weighted by Gasteiger charge is 2.53. The van der Waals surface area contributed by atoms with Gasteiger partial charge < -0.3 is 0 Å². The highest BCUT2D eigenvalue weighted by atomic mass is 31.1. The number of hydrogen-bond donors (Lipinski definition) is 0. The fourth-order valence-electron chi connectivity index (χ4n) is 4.92. The SMILES string of the molecule is CC.CCC1(CC)C(C)CC(C)C(CC)(CC)P1C. The Kier molecular flexibility index (Phi) is 8.20. The maximum absolute atomic E-state index is 2.63. The third-order valence-corrected chi connectivity index (χ3v) is 11.1. The van der Waals surface area contributed by atoms with Gasteiger partial charge in [0.25, 0.3) is 0 Å². The van der Waals surface area contributed by atoms with Crippen LogP contribution in [0.25, 0.3) is 0 Å². The highest BCUT2D eigenvalue weighted by molar-refractivity contribution is 7.60. The number of hydrogen-bond acceptors (Lipinski definition) is 0. The van der Waals surface area contributed by atoms with Gasteiger partial charge in [-0.1, -0.05) is 63.3 Å². The van der Waals surface area contributed by atoms with Crippen molar-refractivity contribution in [2.45, 2.75) is 97.8 Å². The van der Waals surface area contributed by atoms with Gasteiger partial charge in [-0.15, -0.1) is 0 Å². The van der Waals surface area contributed by atoms with Crippen LogP contribution in [0.15, 0.2) is 0 Å². The molecule has 1 heterocycles. The van der Waals surface area contributed by atoms with E-state index in [4.69, 9.17) is 0 Å². The fourth-order valence-corrected chi connectivity index (χ4v) is 9.23. The Morgan fingerprint density at radius 2 is 1.05 bits per heavy atom. The first-order valence-electron chi connectivity index (χ1n) is 8.69. The summed E-state index contributed by atoms with van der Waals surface area (Å²) in [5, 5.41) is 1.32. The topological polar surface area (TPSA) is 0 Å². The third kappa shape index (κ3) is 3.04. The van der Waals surface area contributed by atoms with Crippen molar-refractivity contribution in [1.82, 2.24) is 0 Å². The van der Waals surface area contributed by atoms with Crippen molar-refractivity contribution in [2.24, 2.45) is 11.8 Å². The molecule has 1 heteroatoms. The average Bonchev–Trinajstić information content (AvgIpc) is 2.44. The van der Waals surface area contributed by atoms with Crippen molar-refractivity contribution >= 4 is 7.92 Å². The molecule has 0 radical (unpaired) electrons. The molecule has 1 rings (SSSR count). The molecule has 0 aromatic heterocycles. The van der Waals surface area contributed by atoms with Crippen LogP contribution in [0.3, 0.4) is 0 Å². The molecule has 0 amide bonds. The van der Waals surface area contributed by atoms with Crippen LogP contribution in [0.1, 0.15) is 87.5 Å². The van der Waals surface area contributed by atoms with Crippen LogP contribution in [0.2, 0.25) is 0 Å². The molecule has 0 aromatic carbocycles. The van der Waals surface area contributed by atoms with Crippen molar-refractivity contribution in [3.8, 4) is 0 Å². The molecule has 0 saturated carbocycles. The molecule has 116 valence electrons. The Morgan fingerprint density at radius 1 is 0.789 bits per heavy atom. The predicted molar refractivity (Wildman–Crippen MR) is 93.8 cm³/mol. The van der Waals surface area contributed by atoms with Gasteiger partial charge >= 0.3 is 0 Å². The van der Waals surface area contributed by atoms with E-state index in [9.17, 15) is 0 Å². The second kappa shape index (κ2) is 8.02. The van der Waals surface area contributed by atoms with Gasteiger partial charge in [0, 0.05) is 0 Å². The molecule has 1 aliphatic rings. The maximum Gasteiger partial charge on any atom is -0.00714 e. The zero-order chi connectivity index (χ0) is 15.3. The Morgan fingerprint density at radius 3 is 1.26 bits per heavy atom. The van der Waals surface area contributed by atoms with Crippen LogP contribution < -0.4 is 0 Å². The third-order valence-electron chi connectivity index (χ3n) is 6.33. The summed E-state index contributed by atoms with van der Waals surface area (Å²) in [4.78, 5) is 0. The van der Waals surface area contributed by atoms with E-state index in [1.165, 1.54) is 32.1 Å². The molecule has 0 N–H and O–H groups in total. The van der Waals surface area contributed by atoms with Crippen molar-refractivity contribution in [3.63, 3.8) is 0 Å². The molecule has 2 unspecified atom stereocenters. The molecule has 1 saturated heterocycles. The first kappa shape index (κ1) is 19.4. The van der Waals surface area contributed by atoms with Gasteiger partial charge in [0.1, 0.15) is 0 Å². The molecule has 0 aromatic rings. The van der Waals surface area contributed by atoms with Gasteiger partial charge in [-0.05, 0) is 60.9 Å². The summed E-state index contributed by atoms with van der Waals surface area (Å²) < 4.78 is 0. The van der Waals surface area contributed by atoms with Crippen LogP contribution in [-0.4, -0.2) is 17.0 Å². The first-order chi connectivity index (χ1) is 8.95. The van der Waals surface area contributed by atoms with Gasteiger partial charge in [-0.2, -0.15) is 0 Å². The van der Waals surface area contributed by atoms with Crippen molar-refractivity contribution in [3.05, 3.63) is 0 Å². The summed E-state index contributed by atoms with van der Waals surface area (Å²) in [6, 6.07) is 0. The van der Waals surface area contributed by atoms with Gasteiger partial charge in [-0.25, -0.2) is 0 Å². The van der Waals surface area contributed by atoms with Crippen LogP contribution in [0, 0.1) is 11.8 Å². The molecular formula is C18H39P. The van der Waals surface area contributed by atoms with Crippen LogP contribution in [-0.2, 0) is 0 Å². The Bertz CT molecular complexity index is 214. The lowest BCUT2D eigenvalue weighted by atomic mass is 9.75. The van der Waals surface area contributed by atoms with Gasteiger partial charge in [0.05, 0.1) is 0 Å². The largest absolute Gasteiger partial charge is 0.0967 e. The van der Waals surface area contributed by atoms with E-state index in [0.717, 1.165) is 11.8 Å². The quantitative estimate of drug-likeness (QED) is 0.492. The Balaban J connectivity index is 0.00000154. The van der Waals surface area contributed by atoms with E-state index in [1.54, 1.807) is 0 Å². The maximum atomic E-state index is 2.63. The molecule has 2 atom stereocenters. The molecule has 0 spiro atoms. The van der Waals surface area contributed by atoms with E-state index in [1.807, 2.05) is 13.8 Å². The Labute approximate surface area is 124 Å². The first-order valence-corrected chi connectivity index (χ1v) is 10.5. The lowest BCUT2D eigenvalue weighted by Gasteiger charge is -2.60. The summed E-state index contributed by atoms with van der Waals surface area (Å²) in [5.41, 5.74) is 0. The van der Waals surface area contributed by atoms with Crippen molar-refractivity contribution in [2.75, 3.05) is 6.66 Å². The molecule has 19 heavy (non-hydrogen) atoms. The number of rotatable bonds is 4. The smallest absolute Gasteiger partial charge is 0.00714 e. The highest BCUT2D eigenvalue weighted by Crippen LogP contribution is 2.71. The molecular weight excluding hydrogens is 247 g/mol. The van der Waals surface area contributed by atoms with E-state index in [0.29, 0.717) is 10.3 Å². The summed E-state index contributed by atoms with van der Waals surface area (Å²) >= 11 is 0. The predicted octanol–water partition coefficient (Wildman–Crippen LogP) is 6.92. The van der Waals surface area contributed by atoms with Crippen molar-refractivity contribution in [1.29, 1.82) is 0 Å². The summed E-state index contributed by atoms with van der Waals surface area (Å²) in [7, 11) is 0.134. The van der Waals surface area contributed by atoms with Crippen molar-refractivity contribution < 1.29 is 0 Å². The molecule has 1 aliphatic heterocycles. The van der Waals surface area contributed by atoms with E-state index in [2.05, 4.69) is 48.2 Å². The van der Waals surface area contributed by atoms with E-state index >= 15 is 0 Å². The molecule has 0 bridgehead atoms. The van der Waals surface area contributed by atoms with Crippen LogP contribution >= 0.6 is 7.92 Å². The van der Waals surface area contributed by atoms with E-state index < -0.39 is 0 Å². The zero-order valence-electron chi connectivity index (χ0n) is 15.1. The minimum Gasteiger partial charge on any atom is -0.0967 e. The zero-order valence-corrected chi connectivity index (χ0v) is 16.0. The van der Waals surface area contributed by atoms with E-state index in [-0.39, 0.29) is 7.92 Å². The second-order valence-corrected chi connectivity index (χ2v) is 9.12. The lowest BCUT2D eigenvalue weighted by molar-refractivity contribution is 0.221. The summed E-state index contributed by atoms with van der Waals surface area (Å²) in [6.07, 6.45) is 7.02.